The van der Waals surface area contributed by atoms with Crippen molar-refractivity contribution in [3.05, 3.63) is 26.5 Å². The lowest BCUT2D eigenvalue weighted by Gasteiger charge is -1.85. The standard InChI is InChI=1S/C8H2Br2N2O/c9-7-6(4-13-8(7)10)1-5(2-11)3-12/h1,4H. The smallest absolute Gasteiger partial charge is 0.183 e. The van der Waals surface area contributed by atoms with Gasteiger partial charge in [-0.25, -0.2) is 0 Å². The number of halogens is 2. The Morgan fingerprint density at radius 1 is 1.38 bits per heavy atom. The van der Waals surface area contributed by atoms with Crippen LogP contribution in [0.25, 0.3) is 6.08 Å². The molecule has 0 unspecified atom stereocenters. The normalized spacial score (nSPS) is 8.62. The minimum atomic E-state index is 0.0361. The summed E-state index contributed by atoms with van der Waals surface area (Å²) in [5.74, 6) is 0. The van der Waals surface area contributed by atoms with Gasteiger partial charge in [0.15, 0.2) is 4.67 Å². The molecule has 0 bridgehead atoms. The molecule has 3 nitrogen and oxygen atoms in total. The monoisotopic (exact) mass is 300 g/mol. The van der Waals surface area contributed by atoms with Crippen molar-refractivity contribution in [3.63, 3.8) is 0 Å². The molecule has 1 aromatic rings. The molecule has 1 heterocycles. The van der Waals surface area contributed by atoms with Gasteiger partial charge in [0.1, 0.15) is 24.0 Å². The van der Waals surface area contributed by atoms with E-state index in [9.17, 15) is 0 Å². The molecule has 64 valence electrons. The molecule has 1 aromatic heterocycles. The SMILES string of the molecule is N#CC(C#N)=Cc1coc(Br)c1Br. The Morgan fingerprint density at radius 3 is 2.38 bits per heavy atom. The number of hydrogen-bond donors (Lipinski definition) is 0. The molecule has 13 heavy (non-hydrogen) atoms. The summed E-state index contributed by atoms with van der Waals surface area (Å²) in [6.45, 7) is 0. The van der Waals surface area contributed by atoms with Gasteiger partial charge in [-0.05, 0) is 37.9 Å². The number of furan rings is 1. The number of nitriles is 2. The molecule has 0 aliphatic carbocycles. The van der Waals surface area contributed by atoms with Gasteiger partial charge in [-0.3, -0.25) is 0 Å². The lowest BCUT2D eigenvalue weighted by molar-refractivity contribution is 0.539. The van der Waals surface area contributed by atoms with E-state index in [-0.39, 0.29) is 5.57 Å². The number of allylic oxidation sites excluding steroid dienone is 1. The van der Waals surface area contributed by atoms with Crippen molar-refractivity contribution in [2.45, 2.75) is 0 Å². The van der Waals surface area contributed by atoms with Crippen molar-refractivity contribution >= 4 is 37.9 Å². The van der Waals surface area contributed by atoms with Gasteiger partial charge in [-0.15, -0.1) is 0 Å². The second-order valence-corrected chi connectivity index (χ2v) is 3.57. The highest BCUT2D eigenvalue weighted by atomic mass is 79.9. The summed E-state index contributed by atoms with van der Waals surface area (Å²) in [5.41, 5.74) is 0.693. The molecule has 0 N–H and O–H groups in total. The highest BCUT2D eigenvalue weighted by Gasteiger charge is 2.06. The van der Waals surface area contributed by atoms with E-state index in [1.165, 1.54) is 12.3 Å². The molecule has 0 aliphatic rings. The predicted octanol–water partition coefficient (Wildman–Crippen LogP) is 3.24. The van der Waals surface area contributed by atoms with Crippen LogP contribution in [0.5, 0.6) is 0 Å². The first-order chi connectivity index (χ1) is 6.19. The highest BCUT2D eigenvalue weighted by Crippen LogP contribution is 2.29. The van der Waals surface area contributed by atoms with Crippen molar-refractivity contribution in [3.8, 4) is 12.1 Å². The molecule has 0 saturated carbocycles. The van der Waals surface area contributed by atoms with Crippen LogP contribution in [0, 0.1) is 22.7 Å². The third-order valence-electron chi connectivity index (χ3n) is 1.26. The maximum absolute atomic E-state index is 8.49. The average Bonchev–Trinajstić information content (AvgIpc) is 2.45. The van der Waals surface area contributed by atoms with Crippen molar-refractivity contribution in [1.82, 2.24) is 0 Å². The van der Waals surface area contributed by atoms with Gasteiger partial charge in [-0.1, -0.05) is 0 Å². The van der Waals surface area contributed by atoms with Crippen LogP contribution in [0.2, 0.25) is 0 Å². The van der Waals surface area contributed by atoms with Crippen molar-refractivity contribution < 1.29 is 4.42 Å². The third-order valence-corrected chi connectivity index (χ3v) is 3.19. The molecular weight excluding hydrogens is 300 g/mol. The molecule has 5 heteroatoms. The van der Waals surface area contributed by atoms with Crippen LogP contribution >= 0.6 is 31.9 Å². The van der Waals surface area contributed by atoms with E-state index in [0.29, 0.717) is 14.7 Å². The van der Waals surface area contributed by atoms with Crippen LogP contribution in [-0.2, 0) is 0 Å². The summed E-state index contributed by atoms with van der Waals surface area (Å²) in [7, 11) is 0. The van der Waals surface area contributed by atoms with E-state index in [1.54, 1.807) is 12.1 Å². The minimum absolute atomic E-state index is 0.0361. The third kappa shape index (κ3) is 2.21. The summed E-state index contributed by atoms with van der Waals surface area (Å²) in [5, 5.41) is 17.0. The van der Waals surface area contributed by atoms with Crippen LogP contribution < -0.4 is 0 Å². The summed E-state index contributed by atoms with van der Waals surface area (Å²) in [6, 6.07) is 3.52. The maximum Gasteiger partial charge on any atom is 0.183 e. The molecule has 0 aromatic carbocycles. The Kier molecular flexibility index (Phi) is 3.30. The number of hydrogen-bond acceptors (Lipinski definition) is 3. The Hall–Kier alpha value is -1.04. The van der Waals surface area contributed by atoms with E-state index < -0.39 is 0 Å². The van der Waals surface area contributed by atoms with E-state index in [1.807, 2.05) is 0 Å². The Balaban J connectivity index is 3.14. The summed E-state index contributed by atoms with van der Waals surface area (Å²) in [6.07, 6.45) is 2.89. The summed E-state index contributed by atoms with van der Waals surface area (Å²) in [4.78, 5) is 0. The lowest BCUT2D eigenvalue weighted by atomic mass is 10.2. The molecule has 0 fully saturated rings. The fourth-order valence-corrected chi connectivity index (χ4v) is 1.30. The van der Waals surface area contributed by atoms with E-state index in [4.69, 9.17) is 14.9 Å². The van der Waals surface area contributed by atoms with Crippen LogP contribution in [0.1, 0.15) is 5.56 Å². The summed E-state index contributed by atoms with van der Waals surface area (Å²) < 4.78 is 6.22. The van der Waals surface area contributed by atoms with Crippen LogP contribution in [0.15, 0.2) is 25.4 Å². The van der Waals surface area contributed by atoms with Gasteiger partial charge in [0.05, 0.1) is 4.47 Å². The maximum atomic E-state index is 8.49. The number of rotatable bonds is 1. The first kappa shape index (κ1) is 10.0. The van der Waals surface area contributed by atoms with E-state index >= 15 is 0 Å². The zero-order valence-corrected chi connectivity index (χ0v) is 9.39. The first-order valence-corrected chi connectivity index (χ1v) is 4.72. The van der Waals surface area contributed by atoms with E-state index in [0.717, 1.165) is 0 Å². The van der Waals surface area contributed by atoms with Gasteiger partial charge < -0.3 is 4.42 Å². The highest BCUT2D eigenvalue weighted by molar-refractivity contribution is 9.13. The van der Waals surface area contributed by atoms with Gasteiger partial charge in [-0.2, -0.15) is 10.5 Å². The summed E-state index contributed by atoms with van der Waals surface area (Å²) >= 11 is 6.37. The van der Waals surface area contributed by atoms with Crippen LogP contribution in [0.4, 0.5) is 0 Å². The Morgan fingerprint density at radius 2 is 2.00 bits per heavy atom. The fraction of sp³-hybridized carbons (Fsp3) is 0. The molecule has 0 saturated heterocycles. The predicted molar refractivity (Wildman–Crippen MR) is 53.3 cm³/mol. The molecule has 0 aliphatic heterocycles. The van der Waals surface area contributed by atoms with Gasteiger partial charge in [0, 0.05) is 5.56 Å². The molecule has 0 spiro atoms. The van der Waals surface area contributed by atoms with Crippen molar-refractivity contribution in [1.29, 1.82) is 10.5 Å². The van der Waals surface area contributed by atoms with Crippen LogP contribution in [-0.4, -0.2) is 0 Å². The molecular formula is C8H2Br2N2O. The largest absolute Gasteiger partial charge is 0.456 e. The van der Waals surface area contributed by atoms with Gasteiger partial charge in [0.25, 0.3) is 0 Å². The van der Waals surface area contributed by atoms with Crippen molar-refractivity contribution in [2.75, 3.05) is 0 Å². The Bertz CT molecular complexity index is 418. The zero-order chi connectivity index (χ0) is 9.84. The average molecular weight is 302 g/mol. The minimum Gasteiger partial charge on any atom is -0.456 e. The molecule has 0 amide bonds. The van der Waals surface area contributed by atoms with Gasteiger partial charge in [0.2, 0.25) is 0 Å². The van der Waals surface area contributed by atoms with Gasteiger partial charge >= 0.3 is 0 Å². The quantitative estimate of drug-likeness (QED) is 0.748. The van der Waals surface area contributed by atoms with Crippen LogP contribution in [0.3, 0.4) is 0 Å². The van der Waals surface area contributed by atoms with Crippen molar-refractivity contribution in [2.24, 2.45) is 0 Å². The molecule has 1 rings (SSSR count). The topological polar surface area (TPSA) is 60.7 Å². The second-order valence-electron chi connectivity index (χ2n) is 2.06. The zero-order valence-electron chi connectivity index (χ0n) is 6.21. The van der Waals surface area contributed by atoms with E-state index in [2.05, 4.69) is 31.9 Å². The molecule has 0 atom stereocenters. The fourth-order valence-electron chi connectivity index (χ4n) is 0.675. The lowest BCUT2D eigenvalue weighted by Crippen LogP contribution is -1.72. The number of nitrogens with zero attached hydrogens (tertiary/aromatic N) is 2. The Labute approximate surface area is 91.5 Å². The first-order valence-electron chi connectivity index (χ1n) is 3.13. The second kappa shape index (κ2) is 4.27. The molecule has 0 radical (unpaired) electrons.